The standard InChI is InChI=1S/C22H15N7S/c1-12-2-5-17(30-12)20-18-15(8-11-24-20)26-22(27-18)21-19-16(28-29-21)4-3-14(25-19)13-6-9-23-10-7-13/h2-11H,1H3,(H,26,27)(H,28,29). The van der Waals surface area contributed by atoms with Crippen molar-refractivity contribution in [1.82, 2.24) is 35.1 Å². The predicted octanol–water partition coefficient (Wildman–Crippen LogP) is 5.00. The van der Waals surface area contributed by atoms with Crippen LogP contribution in [0, 0.1) is 6.92 Å². The molecule has 0 aliphatic heterocycles. The molecule has 6 aromatic rings. The molecule has 0 aliphatic rings. The molecule has 0 fully saturated rings. The van der Waals surface area contributed by atoms with Crippen molar-refractivity contribution in [1.29, 1.82) is 0 Å². The largest absolute Gasteiger partial charge is 0.336 e. The lowest BCUT2D eigenvalue weighted by atomic mass is 10.1. The molecule has 0 atom stereocenters. The fraction of sp³-hybridized carbons (Fsp3) is 0.0455. The molecular formula is C22H15N7S. The first-order valence-corrected chi connectivity index (χ1v) is 10.3. The van der Waals surface area contributed by atoms with E-state index in [0.717, 1.165) is 43.9 Å². The van der Waals surface area contributed by atoms with Gasteiger partial charge in [-0.3, -0.25) is 15.1 Å². The van der Waals surface area contributed by atoms with Crippen molar-refractivity contribution < 1.29 is 0 Å². The summed E-state index contributed by atoms with van der Waals surface area (Å²) < 4.78 is 0. The number of thiophene rings is 1. The highest BCUT2D eigenvalue weighted by molar-refractivity contribution is 7.15. The molecule has 6 aromatic heterocycles. The van der Waals surface area contributed by atoms with Crippen LogP contribution >= 0.6 is 11.3 Å². The van der Waals surface area contributed by atoms with E-state index in [0.29, 0.717) is 11.5 Å². The van der Waals surface area contributed by atoms with Gasteiger partial charge in [0.2, 0.25) is 0 Å². The quantitative estimate of drug-likeness (QED) is 0.429. The highest BCUT2D eigenvalue weighted by Gasteiger charge is 2.17. The summed E-state index contributed by atoms with van der Waals surface area (Å²) in [6, 6.07) is 14.0. The van der Waals surface area contributed by atoms with E-state index in [4.69, 9.17) is 9.97 Å². The third kappa shape index (κ3) is 2.69. The monoisotopic (exact) mass is 409 g/mol. The maximum absolute atomic E-state index is 4.85. The van der Waals surface area contributed by atoms with E-state index in [-0.39, 0.29) is 0 Å². The number of hydrogen-bond donors (Lipinski definition) is 2. The minimum Gasteiger partial charge on any atom is -0.336 e. The lowest BCUT2D eigenvalue weighted by Crippen LogP contribution is -1.87. The van der Waals surface area contributed by atoms with Crippen LogP contribution in [0.2, 0.25) is 0 Å². The number of aromatic nitrogens is 7. The first-order valence-electron chi connectivity index (χ1n) is 9.44. The molecule has 0 amide bonds. The summed E-state index contributed by atoms with van der Waals surface area (Å²) >= 11 is 1.71. The average molecular weight is 409 g/mol. The van der Waals surface area contributed by atoms with Crippen LogP contribution in [0.5, 0.6) is 0 Å². The Balaban J connectivity index is 1.52. The third-order valence-electron chi connectivity index (χ3n) is 4.98. The van der Waals surface area contributed by atoms with E-state index >= 15 is 0 Å². The predicted molar refractivity (Wildman–Crippen MR) is 118 cm³/mol. The van der Waals surface area contributed by atoms with Gasteiger partial charge in [-0.2, -0.15) is 5.10 Å². The fourth-order valence-electron chi connectivity index (χ4n) is 3.54. The zero-order valence-electron chi connectivity index (χ0n) is 15.9. The van der Waals surface area contributed by atoms with E-state index in [2.05, 4.69) is 44.2 Å². The summed E-state index contributed by atoms with van der Waals surface area (Å²) in [6.45, 7) is 2.09. The molecule has 30 heavy (non-hydrogen) atoms. The molecule has 144 valence electrons. The molecule has 6 rings (SSSR count). The molecule has 0 aliphatic carbocycles. The van der Waals surface area contributed by atoms with Crippen molar-refractivity contribution in [2.45, 2.75) is 6.92 Å². The van der Waals surface area contributed by atoms with Crippen LogP contribution in [0.3, 0.4) is 0 Å². The number of fused-ring (bicyclic) bond motifs is 2. The second-order valence-corrected chi connectivity index (χ2v) is 8.24. The van der Waals surface area contributed by atoms with Crippen molar-refractivity contribution in [3.63, 3.8) is 0 Å². The van der Waals surface area contributed by atoms with Gasteiger partial charge in [0.1, 0.15) is 16.7 Å². The Bertz CT molecular complexity index is 1510. The number of H-pyrrole nitrogens is 2. The number of nitrogens with one attached hydrogen (secondary N) is 2. The van der Waals surface area contributed by atoms with Gasteiger partial charge in [0.05, 0.1) is 21.6 Å². The Kier molecular flexibility index (Phi) is 3.72. The zero-order valence-corrected chi connectivity index (χ0v) is 16.7. The van der Waals surface area contributed by atoms with Gasteiger partial charge in [0.15, 0.2) is 11.5 Å². The number of hydrogen-bond acceptors (Lipinski definition) is 6. The molecule has 8 heteroatoms. The maximum atomic E-state index is 4.85. The smallest absolute Gasteiger partial charge is 0.161 e. The van der Waals surface area contributed by atoms with Crippen molar-refractivity contribution >= 4 is 33.4 Å². The molecule has 0 saturated carbocycles. The van der Waals surface area contributed by atoms with Crippen LogP contribution in [0.15, 0.2) is 61.1 Å². The van der Waals surface area contributed by atoms with E-state index in [1.807, 2.05) is 30.3 Å². The summed E-state index contributed by atoms with van der Waals surface area (Å²) in [5, 5.41) is 7.55. The molecular weight excluding hydrogens is 394 g/mol. The van der Waals surface area contributed by atoms with E-state index in [1.54, 1.807) is 29.9 Å². The lowest BCUT2D eigenvalue weighted by molar-refractivity contribution is 1.10. The highest BCUT2D eigenvalue weighted by atomic mass is 32.1. The number of aryl methyl sites for hydroxylation is 1. The lowest BCUT2D eigenvalue weighted by Gasteiger charge is -2.00. The Morgan fingerprint density at radius 3 is 2.50 bits per heavy atom. The summed E-state index contributed by atoms with van der Waals surface area (Å²) in [5.74, 6) is 0.665. The SMILES string of the molecule is Cc1ccc(-c2nccc3[nH]c(-c4n[nH]c5ccc(-c6ccncc6)nc45)nc23)s1. The molecule has 0 saturated heterocycles. The summed E-state index contributed by atoms with van der Waals surface area (Å²) in [6.07, 6.45) is 5.33. The Hall–Kier alpha value is -3.91. The first-order chi connectivity index (χ1) is 14.8. The fourth-order valence-corrected chi connectivity index (χ4v) is 4.40. The molecule has 0 unspecified atom stereocenters. The minimum absolute atomic E-state index is 0.665. The van der Waals surface area contributed by atoms with Gasteiger partial charge in [-0.05, 0) is 49.4 Å². The third-order valence-corrected chi connectivity index (χ3v) is 5.99. The van der Waals surface area contributed by atoms with Gasteiger partial charge in [-0.1, -0.05) is 0 Å². The van der Waals surface area contributed by atoms with Crippen molar-refractivity contribution in [3.05, 3.63) is 65.9 Å². The van der Waals surface area contributed by atoms with Crippen LogP contribution in [0.1, 0.15) is 4.88 Å². The molecule has 0 bridgehead atoms. The molecule has 0 aromatic carbocycles. The number of rotatable bonds is 3. The average Bonchev–Trinajstić information content (AvgIpc) is 3.51. The number of pyridine rings is 3. The topological polar surface area (TPSA) is 96.0 Å². The maximum Gasteiger partial charge on any atom is 0.161 e. The van der Waals surface area contributed by atoms with Gasteiger partial charge in [0, 0.05) is 29.0 Å². The van der Waals surface area contributed by atoms with E-state index in [1.165, 1.54) is 4.88 Å². The molecule has 7 nitrogen and oxygen atoms in total. The zero-order chi connectivity index (χ0) is 20.1. The van der Waals surface area contributed by atoms with Gasteiger partial charge >= 0.3 is 0 Å². The van der Waals surface area contributed by atoms with Crippen LogP contribution in [-0.4, -0.2) is 35.1 Å². The van der Waals surface area contributed by atoms with Crippen LogP contribution in [-0.2, 0) is 0 Å². The Labute approximate surface area is 174 Å². The van der Waals surface area contributed by atoms with Gasteiger partial charge in [0.25, 0.3) is 0 Å². The van der Waals surface area contributed by atoms with Gasteiger partial charge < -0.3 is 4.98 Å². The molecule has 0 spiro atoms. The normalized spacial score (nSPS) is 11.5. The Morgan fingerprint density at radius 1 is 0.800 bits per heavy atom. The molecule has 2 N–H and O–H groups in total. The summed E-state index contributed by atoms with van der Waals surface area (Å²) in [4.78, 5) is 24.1. The van der Waals surface area contributed by atoms with Gasteiger partial charge in [-0.15, -0.1) is 11.3 Å². The van der Waals surface area contributed by atoms with Crippen molar-refractivity contribution in [2.75, 3.05) is 0 Å². The minimum atomic E-state index is 0.665. The number of aromatic amines is 2. The Morgan fingerprint density at radius 2 is 1.67 bits per heavy atom. The van der Waals surface area contributed by atoms with Gasteiger partial charge in [-0.25, -0.2) is 9.97 Å². The molecule has 6 heterocycles. The summed E-state index contributed by atoms with van der Waals surface area (Å²) in [7, 11) is 0. The number of nitrogens with zero attached hydrogens (tertiary/aromatic N) is 5. The first kappa shape index (κ1) is 17.0. The van der Waals surface area contributed by atoms with Crippen molar-refractivity contribution in [2.24, 2.45) is 0 Å². The molecule has 0 radical (unpaired) electrons. The highest BCUT2D eigenvalue weighted by Crippen LogP contribution is 2.33. The summed E-state index contributed by atoms with van der Waals surface area (Å²) in [5.41, 5.74) is 6.80. The van der Waals surface area contributed by atoms with Crippen molar-refractivity contribution in [3.8, 4) is 33.3 Å². The number of imidazole rings is 1. The van der Waals surface area contributed by atoms with Crippen LogP contribution < -0.4 is 0 Å². The van der Waals surface area contributed by atoms with E-state index < -0.39 is 0 Å². The van der Waals surface area contributed by atoms with E-state index in [9.17, 15) is 0 Å². The second-order valence-electron chi connectivity index (χ2n) is 6.95. The van der Waals surface area contributed by atoms with Crippen LogP contribution in [0.4, 0.5) is 0 Å². The second kappa shape index (κ2) is 6.57. The van der Waals surface area contributed by atoms with Crippen LogP contribution in [0.25, 0.3) is 55.4 Å².